The van der Waals surface area contributed by atoms with E-state index < -0.39 is 11.6 Å². The molecule has 0 bridgehead atoms. The molecule has 0 aromatic heterocycles. The van der Waals surface area contributed by atoms with Crippen molar-refractivity contribution in [2.24, 2.45) is 0 Å². The highest BCUT2D eigenvalue weighted by Gasteiger charge is 2.34. The van der Waals surface area contributed by atoms with Gasteiger partial charge in [-0.3, -0.25) is 9.59 Å². The van der Waals surface area contributed by atoms with Gasteiger partial charge >= 0.3 is 0 Å². The smallest absolute Gasteiger partial charge is 0.254 e. The van der Waals surface area contributed by atoms with Crippen molar-refractivity contribution in [2.45, 2.75) is 31.9 Å². The van der Waals surface area contributed by atoms with Crippen LogP contribution in [0.1, 0.15) is 31.1 Å². The SMILES string of the molecule is CC(C)(NC(=O)[C@@H]1OCCc2ccccc21)C(=O)Nc1ccccc1. The Morgan fingerprint density at radius 3 is 2.48 bits per heavy atom. The van der Waals surface area contributed by atoms with Gasteiger partial charge < -0.3 is 15.4 Å². The number of para-hydroxylation sites is 1. The van der Waals surface area contributed by atoms with Gasteiger partial charge in [-0.1, -0.05) is 42.5 Å². The fraction of sp³-hybridized carbons (Fsp3) is 0.300. The fourth-order valence-corrected chi connectivity index (χ4v) is 2.85. The average Bonchev–Trinajstić information content (AvgIpc) is 2.61. The van der Waals surface area contributed by atoms with E-state index in [-0.39, 0.29) is 11.8 Å². The molecule has 0 saturated carbocycles. The fourth-order valence-electron chi connectivity index (χ4n) is 2.85. The second kappa shape index (κ2) is 7.07. The van der Waals surface area contributed by atoms with E-state index in [1.165, 1.54) is 0 Å². The van der Waals surface area contributed by atoms with E-state index in [2.05, 4.69) is 10.6 Å². The maximum Gasteiger partial charge on any atom is 0.254 e. The summed E-state index contributed by atoms with van der Waals surface area (Å²) in [7, 11) is 0. The average molecular weight is 338 g/mol. The molecular formula is C20H22N2O3. The van der Waals surface area contributed by atoms with Crippen molar-refractivity contribution < 1.29 is 14.3 Å². The molecule has 0 spiro atoms. The van der Waals surface area contributed by atoms with Crippen molar-refractivity contribution >= 4 is 17.5 Å². The van der Waals surface area contributed by atoms with Crippen LogP contribution in [0, 0.1) is 0 Å². The minimum atomic E-state index is -1.07. The van der Waals surface area contributed by atoms with E-state index in [9.17, 15) is 9.59 Å². The normalized spacial score (nSPS) is 16.6. The Morgan fingerprint density at radius 1 is 1.04 bits per heavy atom. The zero-order chi connectivity index (χ0) is 17.9. The zero-order valence-corrected chi connectivity index (χ0v) is 14.4. The molecule has 2 aromatic carbocycles. The first-order chi connectivity index (χ1) is 12.0. The van der Waals surface area contributed by atoms with Gasteiger partial charge in [0.2, 0.25) is 5.91 Å². The molecule has 5 heteroatoms. The number of nitrogens with one attached hydrogen (secondary N) is 2. The molecule has 2 aromatic rings. The number of hydrogen-bond acceptors (Lipinski definition) is 3. The van der Waals surface area contributed by atoms with Crippen LogP contribution in [0.2, 0.25) is 0 Å². The van der Waals surface area contributed by atoms with Gasteiger partial charge in [0.05, 0.1) is 6.61 Å². The number of amides is 2. The second-order valence-electron chi connectivity index (χ2n) is 6.63. The van der Waals surface area contributed by atoms with Gasteiger partial charge in [-0.25, -0.2) is 0 Å². The Bertz CT molecular complexity index is 772. The van der Waals surface area contributed by atoms with Crippen LogP contribution in [0.5, 0.6) is 0 Å². The van der Waals surface area contributed by atoms with Crippen molar-refractivity contribution in [2.75, 3.05) is 11.9 Å². The van der Waals surface area contributed by atoms with E-state index >= 15 is 0 Å². The summed E-state index contributed by atoms with van der Waals surface area (Å²) in [5.74, 6) is -0.587. The van der Waals surface area contributed by atoms with Gasteiger partial charge in [-0.2, -0.15) is 0 Å². The second-order valence-corrected chi connectivity index (χ2v) is 6.63. The molecule has 2 N–H and O–H groups in total. The van der Waals surface area contributed by atoms with Crippen molar-refractivity contribution in [1.29, 1.82) is 0 Å². The predicted molar refractivity (Wildman–Crippen MR) is 96.1 cm³/mol. The summed E-state index contributed by atoms with van der Waals surface area (Å²) in [6.07, 6.45) is 0.103. The van der Waals surface area contributed by atoms with Gasteiger partial charge in [0, 0.05) is 5.69 Å². The molecule has 1 atom stereocenters. The lowest BCUT2D eigenvalue weighted by molar-refractivity contribution is -0.138. The number of ether oxygens (including phenoxy) is 1. The molecule has 0 aliphatic carbocycles. The first-order valence-corrected chi connectivity index (χ1v) is 8.35. The first kappa shape index (κ1) is 17.2. The van der Waals surface area contributed by atoms with Gasteiger partial charge in [-0.15, -0.1) is 0 Å². The summed E-state index contributed by atoms with van der Waals surface area (Å²) in [6.45, 7) is 3.85. The molecule has 1 aliphatic heterocycles. The number of rotatable bonds is 4. The number of carbonyl (C=O) groups excluding carboxylic acids is 2. The van der Waals surface area contributed by atoms with Crippen LogP contribution in [0.3, 0.4) is 0 Å². The van der Waals surface area contributed by atoms with Gasteiger partial charge in [0.1, 0.15) is 5.54 Å². The summed E-state index contributed by atoms with van der Waals surface area (Å²) >= 11 is 0. The zero-order valence-electron chi connectivity index (χ0n) is 14.4. The lowest BCUT2D eigenvalue weighted by Crippen LogP contribution is -2.54. The summed E-state index contributed by atoms with van der Waals surface area (Å²) in [5, 5.41) is 5.63. The molecule has 1 aliphatic rings. The summed E-state index contributed by atoms with van der Waals surface area (Å²) in [4.78, 5) is 25.2. The molecule has 0 radical (unpaired) electrons. The van der Waals surface area contributed by atoms with Crippen molar-refractivity contribution in [1.82, 2.24) is 5.32 Å². The van der Waals surface area contributed by atoms with E-state index in [4.69, 9.17) is 4.74 Å². The number of anilines is 1. The quantitative estimate of drug-likeness (QED) is 0.901. The number of carbonyl (C=O) groups is 2. The van der Waals surface area contributed by atoms with Crippen LogP contribution in [0.4, 0.5) is 5.69 Å². The molecule has 0 unspecified atom stereocenters. The molecule has 0 saturated heterocycles. The third-order valence-corrected chi connectivity index (χ3v) is 4.27. The Kier molecular flexibility index (Phi) is 4.86. The molecule has 130 valence electrons. The summed E-state index contributed by atoms with van der Waals surface area (Å²) in [5.41, 5.74) is 1.60. The van der Waals surface area contributed by atoms with Crippen LogP contribution < -0.4 is 10.6 Å². The summed E-state index contributed by atoms with van der Waals surface area (Å²) < 4.78 is 5.67. The van der Waals surface area contributed by atoms with E-state index in [1.54, 1.807) is 26.0 Å². The maximum absolute atomic E-state index is 12.7. The number of fused-ring (bicyclic) bond motifs is 1. The number of hydrogen-bond donors (Lipinski definition) is 2. The van der Waals surface area contributed by atoms with Gasteiger partial charge in [-0.05, 0) is 43.5 Å². The first-order valence-electron chi connectivity index (χ1n) is 8.35. The molecule has 25 heavy (non-hydrogen) atoms. The molecule has 0 fully saturated rings. The molecule has 5 nitrogen and oxygen atoms in total. The standard InChI is InChI=1S/C20H22N2O3/c1-20(2,19(24)21-15-9-4-3-5-10-15)22-18(23)17-16-11-7-6-8-14(16)12-13-25-17/h3-11,17H,12-13H2,1-2H3,(H,21,24)(H,22,23)/t17-/m1/s1. The highest BCUT2D eigenvalue weighted by Crippen LogP contribution is 2.27. The third kappa shape index (κ3) is 3.88. The Balaban J connectivity index is 1.70. The van der Waals surface area contributed by atoms with Crippen molar-refractivity contribution in [3.05, 3.63) is 65.7 Å². The molecular weight excluding hydrogens is 316 g/mol. The van der Waals surface area contributed by atoms with Gasteiger partial charge in [0.15, 0.2) is 6.10 Å². The van der Waals surface area contributed by atoms with Crippen LogP contribution in [-0.4, -0.2) is 24.0 Å². The summed E-state index contributed by atoms with van der Waals surface area (Å²) in [6, 6.07) is 16.9. The largest absolute Gasteiger partial charge is 0.363 e. The lowest BCUT2D eigenvalue weighted by Gasteiger charge is -2.30. The van der Waals surface area contributed by atoms with Crippen LogP contribution in [0.25, 0.3) is 0 Å². The van der Waals surface area contributed by atoms with Gasteiger partial charge in [0.25, 0.3) is 5.91 Å². The molecule has 2 amide bonds. The maximum atomic E-state index is 12.7. The predicted octanol–water partition coefficient (Wildman–Crippen LogP) is 2.83. The minimum Gasteiger partial charge on any atom is -0.363 e. The van der Waals surface area contributed by atoms with E-state index in [0.29, 0.717) is 12.3 Å². The lowest BCUT2D eigenvalue weighted by atomic mass is 9.96. The number of benzene rings is 2. The Labute approximate surface area is 147 Å². The Morgan fingerprint density at radius 2 is 1.72 bits per heavy atom. The molecule has 3 rings (SSSR count). The van der Waals surface area contributed by atoms with E-state index in [0.717, 1.165) is 17.5 Å². The van der Waals surface area contributed by atoms with E-state index in [1.807, 2.05) is 42.5 Å². The highest BCUT2D eigenvalue weighted by atomic mass is 16.5. The van der Waals surface area contributed by atoms with Crippen LogP contribution in [-0.2, 0) is 20.7 Å². The topological polar surface area (TPSA) is 67.4 Å². The highest BCUT2D eigenvalue weighted by molar-refractivity contribution is 6.00. The Hall–Kier alpha value is -2.66. The third-order valence-electron chi connectivity index (χ3n) is 4.27. The minimum absolute atomic E-state index is 0.281. The van der Waals surface area contributed by atoms with Crippen molar-refractivity contribution in [3.8, 4) is 0 Å². The monoisotopic (exact) mass is 338 g/mol. The van der Waals surface area contributed by atoms with Crippen molar-refractivity contribution in [3.63, 3.8) is 0 Å². The van der Waals surface area contributed by atoms with Crippen LogP contribution in [0.15, 0.2) is 54.6 Å². The molecule has 1 heterocycles. The van der Waals surface area contributed by atoms with Crippen LogP contribution >= 0.6 is 0 Å².